The molecule has 0 amide bonds. The number of aromatic nitrogens is 3. The van der Waals surface area contributed by atoms with Crippen molar-refractivity contribution in [3.8, 4) is 5.69 Å². The van der Waals surface area contributed by atoms with Crippen molar-refractivity contribution in [2.45, 2.75) is 0 Å². The molecule has 0 aliphatic rings. The van der Waals surface area contributed by atoms with Crippen LogP contribution >= 0.6 is 23.8 Å². The predicted octanol–water partition coefficient (Wildman–Crippen LogP) is 2.17. The number of anilines is 1. The molecule has 0 atom stereocenters. The van der Waals surface area contributed by atoms with Gasteiger partial charge in [-0.3, -0.25) is 4.57 Å². The van der Waals surface area contributed by atoms with Crippen LogP contribution in [0.15, 0.2) is 24.3 Å². The van der Waals surface area contributed by atoms with Gasteiger partial charge in [-0.1, -0.05) is 11.6 Å². The van der Waals surface area contributed by atoms with Crippen LogP contribution in [0.3, 0.4) is 0 Å². The molecule has 0 saturated carbocycles. The Kier molecular flexibility index (Phi) is 2.26. The molecule has 0 saturated heterocycles. The van der Waals surface area contributed by atoms with Gasteiger partial charge < -0.3 is 5.73 Å². The Morgan fingerprint density at radius 1 is 1.36 bits per heavy atom. The zero-order chi connectivity index (χ0) is 10.1. The molecule has 1 heterocycles. The zero-order valence-electron chi connectivity index (χ0n) is 7.07. The fourth-order valence-corrected chi connectivity index (χ4v) is 1.52. The van der Waals surface area contributed by atoms with Gasteiger partial charge in [0.2, 0.25) is 10.7 Å². The number of H-pyrrole nitrogens is 1. The maximum atomic E-state index is 5.76. The highest BCUT2D eigenvalue weighted by atomic mass is 35.5. The predicted molar refractivity (Wildman–Crippen MR) is 58.2 cm³/mol. The van der Waals surface area contributed by atoms with Gasteiger partial charge in [-0.15, -0.1) is 5.10 Å². The Bertz CT molecular complexity index is 499. The molecule has 14 heavy (non-hydrogen) atoms. The number of hydrogen-bond donors (Lipinski definition) is 2. The Labute approximate surface area is 90.3 Å². The molecule has 1 aromatic heterocycles. The second-order valence-electron chi connectivity index (χ2n) is 2.70. The molecular weight excluding hydrogens is 220 g/mol. The number of nitrogens with two attached hydrogens (primary N) is 1. The summed E-state index contributed by atoms with van der Waals surface area (Å²) in [6, 6.07) is 7.18. The molecule has 0 bridgehead atoms. The standard InChI is InChI=1S/C8H7ClN4S/c9-5-1-3-6(4-2-5)13-7(10)11-12-8(13)14/h1-4H,(H2,10,11)(H,12,14). The molecule has 6 heteroatoms. The number of benzene rings is 1. The Hall–Kier alpha value is -1.33. The van der Waals surface area contributed by atoms with Gasteiger partial charge >= 0.3 is 0 Å². The SMILES string of the molecule is Nc1n[nH]c(=S)n1-c1ccc(Cl)cc1. The first-order chi connectivity index (χ1) is 6.68. The van der Waals surface area contributed by atoms with Crippen LogP contribution < -0.4 is 5.73 Å². The highest BCUT2D eigenvalue weighted by molar-refractivity contribution is 7.71. The maximum absolute atomic E-state index is 5.76. The minimum Gasteiger partial charge on any atom is -0.368 e. The van der Waals surface area contributed by atoms with Crippen LogP contribution in [0.4, 0.5) is 5.95 Å². The van der Waals surface area contributed by atoms with Gasteiger partial charge in [0, 0.05) is 5.02 Å². The van der Waals surface area contributed by atoms with Crippen molar-refractivity contribution in [2.24, 2.45) is 0 Å². The van der Waals surface area contributed by atoms with Gasteiger partial charge in [-0.2, -0.15) is 0 Å². The van der Waals surface area contributed by atoms with Crippen LogP contribution in [0.25, 0.3) is 5.69 Å². The minimum atomic E-state index is 0.331. The summed E-state index contributed by atoms with van der Waals surface area (Å²) in [7, 11) is 0. The number of aromatic amines is 1. The molecular formula is C8H7ClN4S. The van der Waals surface area contributed by atoms with E-state index in [2.05, 4.69) is 10.2 Å². The van der Waals surface area contributed by atoms with E-state index in [4.69, 9.17) is 29.6 Å². The lowest BCUT2D eigenvalue weighted by Crippen LogP contribution is -2.00. The van der Waals surface area contributed by atoms with E-state index in [0.717, 1.165) is 5.69 Å². The van der Waals surface area contributed by atoms with Crippen LogP contribution in [0.1, 0.15) is 0 Å². The van der Waals surface area contributed by atoms with Crippen LogP contribution in [0.5, 0.6) is 0 Å². The van der Waals surface area contributed by atoms with Crippen LogP contribution in [-0.2, 0) is 0 Å². The Morgan fingerprint density at radius 3 is 2.50 bits per heavy atom. The second-order valence-corrected chi connectivity index (χ2v) is 3.52. The van der Waals surface area contributed by atoms with Crippen molar-refractivity contribution in [2.75, 3.05) is 5.73 Å². The lowest BCUT2D eigenvalue weighted by molar-refractivity contribution is 1.04. The van der Waals surface area contributed by atoms with Crippen LogP contribution in [0.2, 0.25) is 5.02 Å². The summed E-state index contributed by atoms with van der Waals surface area (Å²) < 4.78 is 2.09. The molecule has 0 fully saturated rings. The third kappa shape index (κ3) is 1.51. The molecule has 1 aromatic carbocycles. The third-order valence-electron chi connectivity index (χ3n) is 1.78. The van der Waals surface area contributed by atoms with Gasteiger partial charge in [-0.25, -0.2) is 5.10 Å². The lowest BCUT2D eigenvalue weighted by atomic mass is 10.3. The molecule has 2 rings (SSSR count). The van der Waals surface area contributed by atoms with Crippen LogP contribution in [-0.4, -0.2) is 14.8 Å². The summed E-state index contributed by atoms with van der Waals surface area (Å²) >= 11 is 10.8. The largest absolute Gasteiger partial charge is 0.368 e. The first kappa shape index (κ1) is 9.23. The van der Waals surface area contributed by atoms with E-state index in [1.807, 2.05) is 12.1 Å². The number of nitrogens with zero attached hydrogens (tertiary/aromatic N) is 2. The smallest absolute Gasteiger partial charge is 0.225 e. The van der Waals surface area contributed by atoms with E-state index < -0.39 is 0 Å². The fraction of sp³-hybridized carbons (Fsp3) is 0. The Balaban J connectivity index is 2.60. The van der Waals surface area contributed by atoms with E-state index >= 15 is 0 Å². The average molecular weight is 227 g/mol. The average Bonchev–Trinajstić information content (AvgIpc) is 2.49. The molecule has 72 valence electrons. The van der Waals surface area contributed by atoms with Crippen molar-refractivity contribution in [1.29, 1.82) is 0 Å². The summed E-state index contributed by atoms with van der Waals surface area (Å²) in [5.74, 6) is 0.331. The number of hydrogen-bond acceptors (Lipinski definition) is 3. The number of halogens is 1. The summed E-state index contributed by atoms with van der Waals surface area (Å²) in [6.07, 6.45) is 0. The van der Waals surface area contributed by atoms with E-state index in [1.54, 1.807) is 16.7 Å². The first-order valence-electron chi connectivity index (χ1n) is 3.87. The van der Waals surface area contributed by atoms with Crippen molar-refractivity contribution < 1.29 is 0 Å². The van der Waals surface area contributed by atoms with E-state index in [0.29, 0.717) is 15.7 Å². The minimum absolute atomic E-state index is 0.331. The molecule has 0 unspecified atom stereocenters. The highest BCUT2D eigenvalue weighted by Gasteiger charge is 2.03. The van der Waals surface area contributed by atoms with Gasteiger partial charge in [0.25, 0.3) is 0 Å². The summed E-state index contributed by atoms with van der Waals surface area (Å²) in [5.41, 5.74) is 6.47. The van der Waals surface area contributed by atoms with E-state index in [9.17, 15) is 0 Å². The van der Waals surface area contributed by atoms with Crippen molar-refractivity contribution in [3.63, 3.8) is 0 Å². The summed E-state index contributed by atoms with van der Waals surface area (Å²) in [6.45, 7) is 0. The van der Waals surface area contributed by atoms with Gasteiger partial charge in [0.1, 0.15) is 0 Å². The van der Waals surface area contributed by atoms with Crippen molar-refractivity contribution in [3.05, 3.63) is 34.1 Å². The number of nitrogens with one attached hydrogen (secondary N) is 1. The zero-order valence-corrected chi connectivity index (χ0v) is 8.64. The molecule has 0 aliphatic carbocycles. The molecule has 0 spiro atoms. The fourth-order valence-electron chi connectivity index (χ4n) is 1.15. The topological polar surface area (TPSA) is 59.6 Å². The second kappa shape index (κ2) is 3.43. The molecule has 0 radical (unpaired) electrons. The first-order valence-corrected chi connectivity index (χ1v) is 4.66. The van der Waals surface area contributed by atoms with Crippen molar-refractivity contribution >= 4 is 29.8 Å². The highest BCUT2D eigenvalue weighted by Crippen LogP contribution is 2.15. The van der Waals surface area contributed by atoms with Gasteiger partial charge in [-0.05, 0) is 36.5 Å². The van der Waals surface area contributed by atoms with Crippen LogP contribution in [0, 0.1) is 4.77 Å². The molecule has 2 aromatic rings. The number of rotatable bonds is 1. The quantitative estimate of drug-likeness (QED) is 0.733. The third-order valence-corrected chi connectivity index (χ3v) is 2.31. The van der Waals surface area contributed by atoms with E-state index in [1.165, 1.54) is 0 Å². The molecule has 3 N–H and O–H groups in total. The van der Waals surface area contributed by atoms with Crippen molar-refractivity contribution in [1.82, 2.24) is 14.8 Å². The molecule has 0 aliphatic heterocycles. The van der Waals surface area contributed by atoms with Gasteiger partial charge in [0.15, 0.2) is 0 Å². The number of nitrogen functional groups attached to an aromatic ring is 1. The maximum Gasteiger partial charge on any atom is 0.225 e. The van der Waals surface area contributed by atoms with Gasteiger partial charge in [0.05, 0.1) is 5.69 Å². The Morgan fingerprint density at radius 2 is 2.00 bits per heavy atom. The molecule has 4 nitrogen and oxygen atoms in total. The lowest BCUT2D eigenvalue weighted by Gasteiger charge is -2.02. The summed E-state index contributed by atoms with van der Waals surface area (Å²) in [4.78, 5) is 0. The van der Waals surface area contributed by atoms with E-state index in [-0.39, 0.29) is 0 Å². The summed E-state index contributed by atoms with van der Waals surface area (Å²) in [5, 5.41) is 7.08. The normalized spacial score (nSPS) is 10.4. The monoisotopic (exact) mass is 226 g/mol.